The fourth-order valence-electron chi connectivity index (χ4n) is 3.76. The highest BCUT2D eigenvalue weighted by molar-refractivity contribution is 6.34. The number of rotatable bonds is 12. The van der Waals surface area contributed by atoms with Crippen molar-refractivity contribution in [3.8, 4) is 0 Å². The van der Waals surface area contributed by atoms with Crippen LogP contribution in [-0.4, -0.2) is 53.1 Å². The third-order valence-corrected chi connectivity index (χ3v) is 5.69. The second-order valence-corrected chi connectivity index (χ2v) is 9.62. The lowest BCUT2D eigenvalue weighted by molar-refractivity contribution is -0.117. The molecule has 0 aliphatic carbocycles. The number of amides is 2. The molecule has 1 heterocycles. The van der Waals surface area contributed by atoms with Crippen LogP contribution in [0.15, 0.2) is 42.7 Å². The van der Waals surface area contributed by atoms with Crippen molar-refractivity contribution in [3.63, 3.8) is 0 Å². The summed E-state index contributed by atoms with van der Waals surface area (Å²) in [5, 5.41) is 10.0. The summed E-state index contributed by atoms with van der Waals surface area (Å²) in [6.07, 6.45) is 2.93. The third kappa shape index (κ3) is 8.58. The van der Waals surface area contributed by atoms with E-state index >= 15 is 0 Å². The summed E-state index contributed by atoms with van der Waals surface area (Å²) in [6.45, 7) is 10.6. The second-order valence-electron chi connectivity index (χ2n) is 9.22. The van der Waals surface area contributed by atoms with Crippen molar-refractivity contribution < 1.29 is 14.3 Å². The Morgan fingerprint density at radius 2 is 1.73 bits per heavy atom. The number of anilines is 4. The van der Waals surface area contributed by atoms with Gasteiger partial charge < -0.3 is 15.4 Å². The van der Waals surface area contributed by atoms with E-state index in [0.717, 1.165) is 25.9 Å². The molecule has 9 nitrogen and oxygen atoms in total. The maximum absolute atomic E-state index is 12.5. The van der Waals surface area contributed by atoms with E-state index in [0.29, 0.717) is 52.0 Å². The Bertz CT molecular complexity index is 1210. The highest BCUT2D eigenvalue weighted by Gasteiger charge is 2.13. The van der Waals surface area contributed by atoms with Crippen molar-refractivity contribution in [2.45, 2.75) is 40.5 Å². The smallest absolute Gasteiger partial charge is 0.411 e. The van der Waals surface area contributed by atoms with Gasteiger partial charge in [-0.15, -0.1) is 0 Å². The minimum absolute atomic E-state index is 0.0988. The average Bonchev–Trinajstić information content (AvgIpc) is 2.85. The fraction of sp³-hybridized carbons (Fsp3) is 0.407. The van der Waals surface area contributed by atoms with Gasteiger partial charge >= 0.3 is 6.09 Å². The fourth-order valence-corrected chi connectivity index (χ4v) is 3.98. The molecule has 3 aromatic rings. The number of ether oxygens (including phenoxy) is 1. The molecule has 2 aromatic carbocycles. The summed E-state index contributed by atoms with van der Waals surface area (Å²) in [6, 6.07) is 10.6. The minimum Gasteiger partial charge on any atom is -0.449 e. The van der Waals surface area contributed by atoms with E-state index in [1.165, 1.54) is 6.33 Å². The standard InChI is InChI=1S/C27H35ClN6O3/c1-5-11-34(12-6-2)15-25(35)33-24-10-8-20(14-22(24)28)31-26-21-13-19(7-9-23(21)29-17-30-26)32-27(36)37-16-18(3)4/h7-10,13-14,17-18H,5-6,11-12,15-16H2,1-4H3,(H,32,36)(H,33,35)(H,29,30,31). The van der Waals surface area contributed by atoms with Crippen LogP contribution in [0.5, 0.6) is 0 Å². The molecular formula is C27H35ClN6O3. The molecule has 0 saturated carbocycles. The lowest BCUT2D eigenvalue weighted by Gasteiger charge is -2.20. The molecule has 0 spiro atoms. The first-order valence-corrected chi connectivity index (χ1v) is 12.9. The van der Waals surface area contributed by atoms with Gasteiger partial charge in [-0.3, -0.25) is 15.0 Å². The summed E-state index contributed by atoms with van der Waals surface area (Å²) < 4.78 is 5.20. The SMILES string of the molecule is CCCN(CCC)CC(=O)Nc1ccc(Nc2ncnc3ccc(NC(=O)OCC(C)C)cc23)cc1Cl. The summed E-state index contributed by atoms with van der Waals surface area (Å²) >= 11 is 6.49. The van der Waals surface area contributed by atoms with Crippen LogP contribution in [0.2, 0.25) is 5.02 Å². The zero-order chi connectivity index (χ0) is 26.8. The second kappa shape index (κ2) is 13.8. The number of hydrogen-bond donors (Lipinski definition) is 3. The quantitative estimate of drug-likeness (QED) is 0.254. The number of nitrogens with zero attached hydrogens (tertiary/aromatic N) is 3. The van der Waals surface area contributed by atoms with Crippen molar-refractivity contribution >= 4 is 57.4 Å². The summed E-state index contributed by atoms with van der Waals surface area (Å²) in [4.78, 5) is 35.4. The molecule has 0 atom stereocenters. The first kappa shape index (κ1) is 28.1. The number of hydrogen-bond acceptors (Lipinski definition) is 7. The van der Waals surface area contributed by atoms with Gasteiger partial charge in [0.1, 0.15) is 12.1 Å². The monoisotopic (exact) mass is 526 g/mol. The van der Waals surface area contributed by atoms with Gasteiger partial charge in [0.25, 0.3) is 0 Å². The summed E-state index contributed by atoms with van der Waals surface area (Å²) in [5.41, 5.74) is 2.51. The number of fused-ring (bicyclic) bond motifs is 1. The van der Waals surface area contributed by atoms with Crippen LogP contribution in [0, 0.1) is 5.92 Å². The molecule has 0 aliphatic rings. The van der Waals surface area contributed by atoms with Gasteiger partial charge in [-0.05, 0) is 68.2 Å². The lowest BCUT2D eigenvalue weighted by atomic mass is 10.2. The summed E-state index contributed by atoms with van der Waals surface area (Å²) in [5.74, 6) is 0.694. The Labute approximate surface area is 223 Å². The Kier molecular flexibility index (Phi) is 10.5. The highest BCUT2D eigenvalue weighted by Crippen LogP contribution is 2.30. The van der Waals surface area contributed by atoms with Gasteiger partial charge in [-0.2, -0.15) is 0 Å². The molecule has 3 N–H and O–H groups in total. The number of benzene rings is 2. The zero-order valence-corrected chi connectivity index (χ0v) is 22.6. The Morgan fingerprint density at radius 3 is 2.41 bits per heavy atom. The van der Waals surface area contributed by atoms with Crippen molar-refractivity contribution in [3.05, 3.63) is 47.7 Å². The van der Waals surface area contributed by atoms with E-state index in [1.54, 1.807) is 30.3 Å². The molecule has 1 aromatic heterocycles. The number of aromatic nitrogens is 2. The van der Waals surface area contributed by atoms with Crippen LogP contribution in [0.25, 0.3) is 10.9 Å². The van der Waals surface area contributed by atoms with E-state index < -0.39 is 6.09 Å². The van der Waals surface area contributed by atoms with E-state index in [4.69, 9.17) is 16.3 Å². The molecule has 10 heteroatoms. The van der Waals surface area contributed by atoms with E-state index in [2.05, 4.69) is 44.7 Å². The van der Waals surface area contributed by atoms with Crippen LogP contribution >= 0.6 is 11.6 Å². The number of carbonyl (C=O) groups is 2. The van der Waals surface area contributed by atoms with Gasteiger partial charge in [-0.1, -0.05) is 39.3 Å². The first-order valence-electron chi connectivity index (χ1n) is 12.6. The normalized spacial score (nSPS) is 11.1. The van der Waals surface area contributed by atoms with Gasteiger partial charge in [0.15, 0.2) is 0 Å². The van der Waals surface area contributed by atoms with Crippen LogP contribution in [0.4, 0.5) is 27.7 Å². The van der Waals surface area contributed by atoms with Gasteiger partial charge in [-0.25, -0.2) is 14.8 Å². The molecular weight excluding hydrogens is 492 g/mol. The number of halogens is 1. The predicted molar refractivity (Wildman–Crippen MR) is 150 cm³/mol. The molecule has 0 saturated heterocycles. The van der Waals surface area contributed by atoms with Crippen LogP contribution < -0.4 is 16.0 Å². The molecule has 37 heavy (non-hydrogen) atoms. The van der Waals surface area contributed by atoms with Crippen molar-refractivity contribution in [1.29, 1.82) is 0 Å². The van der Waals surface area contributed by atoms with Crippen LogP contribution in [0.1, 0.15) is 40.5 Å². The molecule has 0 fully saturated rings. The van der Waals surface area contributed by atoms with Crippen LogP contribution in [-0.2, 0) is 9.53 Å². The van der Waals surface area contributed by atoms with E-state index in [9.17, 15) is 9.59 Å². The van der Waals surface area contributed by atoms with E-state index in [1.807, 2.05) is 19.9 Å². The molecule has 0 unspecified atom stereocenters. The highest BCUT2D eigenvalue weighted by atomic mass is 35.5. The Hall–Kier alpha value is -3.43. The van der Waals surface area contributed by atoms with Gasteiger partial charge in [0.2, 0.25) is 5.91 Å². The van der Waals surface area contributed by atoms with Gasteiger partial charge in [0.05, 0.1) is 29.4 Å². The third-order valence-electron chi connectivity index (χ3n) is 5.38. The maximum Gasteiger partial charge on any atom is 0.411 e. The molecule has 0 aliphatic heterocycles. The molecule has 3 rings (SSSR count). The van der Waals surface area contributed by atoms with Crippen molar-refractivity contribution in [2.75, 3.05) is 42.2 Å². The maximum atomic E-state index is 12.5. The summed E-state index contributed by atoms with van der Waals surface area (Å²) in [7, 11) is 0. The van der Waals surface area contributed by atoms with Crippen LogP contribution in [0.3, 0.4) is 0 Å². The average molecular weight is 527 g/mol. The zero-order valence-electron chi connectivity index (χ0n) is 21.8. The Balaban J connectivity index is 1.71. The number of nitrogens with one attached hydrogen (secondary N) is 3. The van der Waals surface area contributed by atoms with Gasteiger partial charge in [0, 0.05) is 16.8 Å². The Morgan fingerprint density at radius 1 is 1.00 bits per heavy atom. The molecule has 2 amide bonds. The topological polar surface area (TPSA) is 108 Å². The lowest BCUT2D eigenvalue weighted by Crippen LogP contribution is -2.34. The number of carbonyl (C=O) groups excluding carboxylic acids is 2. The van der Waals surface area contributed by atoms with E-state index in [-0.39, 0.29) is 11.8 Å². The largest absolute Gasteiger partial charge is 0.449 e. The van der Waals surface area contributed by atoms with Crippen molar-refractivity contribution in [2.24, 2.45) is 5.92 Å². The molecule has 198 valence electrons. The predicted octanol–water partition coefficient (Wildman–Crippen LogP) is 6.29. The first-order chi connectivity index (χ1) is 17.8. The van der Waals surface area contributed by atoms with Crippen molar-refractivity contribution in [1.82, 2.24) is 14.9 Å². The molecule has 0 bridgehead atoms. The minimum atomic E-state index is -0.517. The molecule has 0 radical (unpaired) electrons.